The SMILES string of the molecule is CCCCNc1ncc(C(=O)Nc2ccc(S(=O)(=O)NCC3CCN(C(=O)OC(C)(C)C)CC3)cn2)c(NC2CCC(O)CC2)n1. The fourth-order valence-corrected chi connectivity index (χ4v) is 6.35. The lowest BCUT2D eigenvalue weighted by atomic mass is 9.93. The van der Waals surface area contributed by atoms with Gasteiger partial charge in [-0.2, -0.15) is 4.98 Å². The lowest BCUT2D eigenvalue weighted by molar-refractivity contribution is 0.0185. The van der Waals surface area contributed by atoms with E-state index in [0.29, 0.717) is 57.1 Å². The number of ether oxygens (including phenoxy) is 1. The zero-order valence-corrected chi connectivity index (χ0v) is 28.0. The molecule has 4 rings (SSSR count). The van der Waals surface area contributed by atoms with Crippen molar-refractivity contribution in [2.24, 2.45) is 5.92 Å². The van der Waals surface area contributed by atoms with E-state index >= 15 is 0 Å². The van der Waals surface area contributed by atoms with Gasteiger partial charge in [-0.05, 0) is 83.8 Å². The van der Waals surface area contributed by atoms with Gasteiger partial charge in [0.1, 0.15) is 27.7 Å². The molecule has 46 heavy (non-hydrogen) atoms. The second-order valence-electron chi connectivity index (χ2n) is 13.0. The van der Waals surface area contributed by atoms with Crippen LogP contribution in [0.25, 0.3) is 0 Å². The predicted molar refractivity (Wildman–Crippen MR) is 175 cm³/mol. The third-order valence-corrected chi connectivity index (χ3v) is 9.41. The number of carbonyl (C=O) groups is 2. The lowest BCUT2D eigenvalue weighted by Crippen LogP contribution is -2.43. The number of amides is 2. The molecule has 2 amide bonds. The number of hydrogen-bond acceptors (Lipinski definition) is 11. The molecule has 5 N–H and O–H groups in total. The van der Waals surface area contributed by atoms with Crippen LogP contribution in [0, 0.1) is 5.92 Å². The van der Waals surface area contributed by atoms with Crippen LogP contribution in [0.3, 0.4) is 0 Å². The Balaban J connectivity index is 1.34. The number of aromatic nitrogens is 3. The number of likely N-dealkylation sites (tertiary alicyclic amines) is 1. The van der Waals surface area contributed by atoms with Gasteiger partial charge in [-0.25, -0.2) is 27.9 Å². The first-order chi connectivity index (χ1) is 21.8. The van der Waals surface area contributed by atoms with Crippen LogP contribution in [-0.2, 0) is 14.8 Å². The van der Waals surface area contributed by atoms with Crippen molar-refractivity contribution in [1.29, 1.82) is 0 Å². The minimum atomic E-state index is -3.84. The quantitative estimate of drug-likeness (QED) is 0.207. The van der Waals surface area contributed by atoms with Crippen molar-refractivity contribution in [2.75, 3.05) is 42.1 Å². The van der Waals surface area contributed by atoms with Crippen LogP contribution >= 0.6 is 0 Å². The highest BCUT2D eigenvalue weighted by atomic mass is 32.2. The number of piperidine rings is 1. The number of hydrogen-bond donors (Lipinski definition) is 5. The normalized spacial score (nSPS) is 19.4. The van der Waals surface area contributed by atoms with Gasteiger partial charge in [0.25, 0.3) is 5.91 Å². The Morgan fingerprint density at radius 1 is 1.04 bits per heavy atom. The fraction of sp³-hybridized carbons (Fsp3) is 0.645. The molecule has 254 valence electrons. The molecule has 15 heteroatoms. The minimum Gasteiger partial charge on any atom is -0.444 e. The van der Waals surface area contributed by atoms with Gasteiger partial charge in [0.15, 0.2) is 0 Å². The zero-order valence-electron chi connectivity index (χ0n) is 27.2. The van der Waals surface area contributed by atoms with Crippen molar-refractivity contribution < 1.29 is 27.9 Å². The number of nitrogens with zero attached hydrogens (tertiary/aromatic N) is 4. The number of anilines is 3. The standard InChI is InChI=1S/C31H48N8O6S/c1-5-6-15-32-29-34-20-25(27(38-29)36-22-7-9-23(40)10-8-22)28(41)37-26-12-11-24(19-33-26)46(43,44)35-18-21-13-16-39(17-14-21)30(42)45-31(2,3)4/h11-12,19-23,35,40H,5-10,13-18H2,1-4H3,(H,33,37,41)(H2,32,34,36,38). The Bertz CT molecular complexity index is 1420. The van der Waals surface area contributed by atoms with E-state index in [1.54, 1.807) is 4.90 Å². The van der Waals surface area contributed by atoms with E-state index in [-0.39, 0.29) is 47.0 Å². The molecule has 3 heterocycles. The third kappa shape index (κ3) is 10.5. The Kier molecular flexibility index (Phi) is 12.1. The molecule has 2 aromatic heterocycles. The molecule has 1 saturated carbocycles. The smallest absolute Gasteiger partial charge is 0.410 e. The predicted octanol–water partition coefficient (Wildman–Crippen LogP) is 3.98. The van der Waals surface area contributed by atoms with Crippen LogP contribution in [0.4, 0.5) is 22.4 Å². The summed E-state index contributed by atoms with van der Waals surface area (Å²) < 4.78 is 34.0. The monoisotopic (exact) mass is 660 g/mol. The summed E-state index contributed by atoms with van der Waals surface area (Å²) in [4.78, 5) is 40.3. The van der Waals surface area contributed by atoms with E-state index in [9.17, 15) is 23.1 Å². The summed E-state index contributed by atoms with van der Waals surface area (Å²) in [5, 5.41) is 19.1. The average Bonchev–Trinajstić information content (AvgIpc) is 3.01. The van der Waals surface area contributed by atoms with Gasteiger partial charge in [-0.15, -0.1) is 0 Å². The number of pyridine rings is 1. The lowest BCUT2D eigenvalue weighted by Gasteiger charge is -2.33. The van der Waals surface area contributed by atoms with Crippen molar-refractivity contribution in [3.05, 3.63) is 30.1 Å². The van der Waals surface area contributed by atoms with Gasteiger partial charge in [-0.3, -0.25) is 4.79 Å². The zero-order chi connectivity index (χ0) is 33.3. The first-order valence-electron chi connectivity index (χ1n) is 16.1. The first kappa shape index (κ1) is 35.3. The molecular formula is C31H48N8O6S. The Morgan fingerprint density at radius 3 is 2.39 bits per heavy atom. The number of rotatable bonds is 12. The molecule has 2 aliphatic rings. The molecule has 14 nitrogen and oxygen atoms in total. The summed E-state index contributed by atoms with van der Waals surface area (Å²) in [5.74, 6) is 0.565. The molecule has 0 spiro atoms. The van der Waals surface area contributed by atoms with Crippen LogP contribution in [0.1, 0.15) is 89.4 Å². The van der Waals surface area contributed by atoms with E-state index in [1.165, 1.54) is 24.5 Å². The first-order valence-corrected chi connectivity index (χ1v) is 17.6. The van der Waals surface area contributed by atoms with Crippen LogP contribution < -0.4 is 20.7 Å². The van der Waals surface area contributed by atoms with Crippen LogP contribution in [0.2, 0.25) is 0 Å². The molecule has 2 aromatic rings. The van der Waals surface area contributed by atoms with E-state index in [4.69, 9.17) is 4.74 Å². The van der Waals surface area contributed by atoms with Gasteiger partial charge >= 0.3 is 6.09 Å². The minimum absolute atomic E-state index is 0.0237. The number of aliphatic hydroxyl groups is 1. The largest absolute Gasteiger partial charge is 0.444 e. The Morgan fingerprint density at radius 2 is 1.76 bits per heavy atom. The summed E-state index contributed by atoms with van der Waals surface area (Å²) in [6.45, 7) is 9.50. The van der Waals surface area contributed by atoms with Crippen LogP contribution in [-0.4, -0.2) is 89.3 Å². The van der Waals surface area contributed by atoms with Gasteiger partial charge in [0.05, 0.1) is 6.10 Å². The fourth-order valence-electron chi connectivity index (χ4n) is 5.29. The number of carbonyl (C=O) groups excluding carboxylic acids is 2. The summed E-state index contributed by atoms with van der Waals surface area (Å²) >= 11 is 0. The van der Waals surface area contributed by atoms with Crippen molar-refractivity contribution >= 4 is 39.6 Å². The summed E-state index contributed by atoms with van der Waals surface area (Å²) in [6.07, 6.45) is 8.13. The summed E-state index contributed by atoms with van der Waals surface area (Å²) in [5.41, 5.74) is -0.341. The van der Waals surface area contributed by atoms with Crippen LogP contribution in [0.5, 0.6) is 0 Å². The third-order valence-electron chi connectivity index (χ3n) is 8.00. The van der Waals surface area contributed by atoms with E-state index in [0.717, 1.165) is 25.7 Å². The molecule has 1 saturated heterocycles. The molecule has 0 radical (unpaired) electrons. The maximum Gasteiger partial charge on any atom is 0.410 e. The van der Waals surface area contributed by atoms with Gasteiger partial charge in [0, 0.05) is 44.6 Å². The Hall–Kier alpha value is -3.56. The van der Waals surface area contributed by atoms with Gasteiger partial charge < -0.3 is 30.7 Å². The maximum absolute atomic E-state index is 13.3. The van der Waals surface area contributed by atoms with Crippen molar-refractivity contribution in [3.8, 4) is 0 Å². The van der Waals surface area contributed by atoms with Crippen LogP contribution in [0.15, 0.2) is 29.4 Å². The Labute approximate surface area is 271 Å². The molecule has 1 aliphatic carbocycles. The number of aliphatic hydroxyl groups excluding tert-OH is 1. The van der Waals surface area contributed by atoms with E-state index < -0.39 is 21.5 Å². The molecule has 1 aliphatic heterocycles. The van der Waals surface area contributed by atoms with Crippen molar-refractivity contribution in [3.63, 3.8) is 0 Å². The van der Waals surface area contributed by atoms with Gasteiger partial charge in [0.2, 0.25) is 16.0 Å². The molecule has 0 unspecified atom stereocenters. The average molecular weight is 661 g/mol. The highest BCUT2D eigenvalue weighted by Gasteiger charge is 2.28. The number of unbranched alkanes of at least 4 members (excludes halogenated alkanes) is 1. The highest BCUT2D eigenvalue weighted by molar-refractivity contribution is 7.89. The summed E-state index contributed by atoms with van der Waals surface area (Å²) in [7, 11) is -3.84. The molecule has 0 atom stereocenters. The second-order valence-corrected chi connectivity index (χ2v) is 14.7. The molecular weight excluding hydrogens is 612 g/mol. The molecule has 2 fully saturated rings. The van der Waals surface area contributed by atoms with Gasteiger partial charge in [-0.1, -0.05) is 13.3 Å². The van der Waals surface area contributed by atoms with Crippen molar-refractivity contribution in [2.45, 2.75) is 102 Å². The molecule has 0 aromatic carbocycles. The number of sulfonamides is 1. The van der Waals surface area contributed by atoms with E-state index in [2.05, 4.69) is 42.5 Å². The topological polar surface area (TPSA) is 188 Å². The second kappa shape index (κ2) is 15.8. The van der Waals surface area contributed by atoms with Crippen molar-refractivity contribution in [1.82, 2.24) is 24.6 Å². The molecule has 0 bridgehead atoms. The summed E-state index contributed by atoms with van der Waals surface area (Å²) in [6, 6.07) is 2.88. The number of nitrogens with one attached hydrogen (secondary N) is 4. The highest BCUT2D eigenvalue weighted by Crippen LogP contribution is 2.25. The maximum atomic E-state index is 13.3. The van der Waals surface area contributed by atoms with E-state index in [1.807, 2.05) is 20.8 Å².